The van der Waals surface area contributed by atoms with Crippen LogP contribution in [-0.2, 0) is 4.79 Å². The zero-order valence-corrected chi connectivity index (χ0v) is 18.7. The molecule has 3 rings (SSSR count). The maximum atomic E-state index is 12.7. The van der Waals surface area contributed by atoms with Crippen LogP contribution in [0.25, 0.3) is 0 Å². The largest absolute Gasteiger partial charge is 0.493 e. The van der Waals surface area contributed by atoms with Crippen LogP contribution < -0.4 is 20.1 Å². The minimum Gasteiger partial charge on any atom is -0.493 e. The Morgan fingerprint density at radius 3 is 2.18 bits per heavy atom. The molecular weight excluding hydrogens is 420 g/mol. The van der Waals surface area contributed by atoms with Gasteiger partial charge in [0.1, 0.15) is 0 Å². The number of nitrogens with zero attached hydrogens (tertiary/aromatic N) is 2. The van der Waals surface area contributed by atoms with Crippen molar-refractivity contribution < 1.29 is 19.1 Å². The van der Waals surface area contributed by atoms with Gasteiger partial charge in [-0.15, -0.1) is 0 Å². The van der Waals surface area contributed by atoms with Crippen LogP contribution in [0.1, 0.15) is 24.2 Å². The number of rotatable bonds is 9. The molecule has 0 bridgehead atoms. The molecule has 2 amide bonds. The first kappa shape index (κ1) is 23.5. The number of methoxy groups -OCH3 is 1. The summed E-state index contributed by atoms with van der Waals surface area (Å²) in [4.78, 5) is 24.5. The second-order valence-corrected chi connectivity index (χ2v) is 7.41. The van der Waals surface area contributed by atoms with Crippen molar-refractivity contribution in [1.82, 2.24) is 5.32 Å². The third-order valence-electron chi connectivity index (χ3n) is 4.40. The molecule has 3 aromatic rings. The molecule has 0 spiro atoms. The normalized spacial score (nSPS) is 10.8. The molecule has 0 aliphatic rings. The average Bonchev–Trinajstić information content (AvgIpc) is 2.82. The summed E-state index contributed by atoms with van der Waals surface area (Å²) >= 11 is 0. The Labute approximate surface area is 192 Å². The van der Waals surface area contributed by atoms with E-state index in [4.69, 9.17) is 9.47 Å². The summed E-state index contributed by atoms with van der Waals surface area (Å²) in [7, 11) is 1.47. The Hall–Kier alpha value is -4.20. The topological polar surface area (TPSA) is 101 Å². The van der Waals surface area contributed by atoms with Gasteiger partial charge in [-0.2, -0.15) is 10.2 Å². The highest BCUT2D eigenvalue weighted by Crippen LogP contribution is 2.28. The summed E-state index contributed by atoms with van der Waals surface area (Å²) in [6.45, 7) is 3.59. The molecule has 2 N–H and O–H groups in total. The number of hydrogen-bond donors (Lipinski definition) is 2. The first-order valence-electron chi connectivity index (χ1n) is 10.4. The number of amides is 2. The molecule has 0 radical (unpaired) electrons. The first-order chi connectivity index (χ1) is 15.9. The lowest BCUT2D eigenvalue weighted by Crippen LogP contribution is -2.34. The fraction of sp³-hybridized carbons (Fsp3) is 0.200. The minimum absolute atomic E-state index is 0.0232. The van der Waals surface area contributed by atoms with E-state index in [2.05, 4.69) is 20.9 Å². The number of ether oxygens (including phenoxy) is 2. The van der Waals surface area contributed by atoms with Crippen LogP contribution in [0.3, 0.4) is 0 Å². The van der Waals surface area contributed by atoms with Gasteiger partial charge in [0.05, 0.1) is 18.5 Å². The summed E-state index contributed by atoms with van der Waals surface area (Å²) in [5.74, 6) is 0.189. The molecule has 0 aromatic heterocycles. The lowest BCUT2D eigenvalue weighted by molar-refractivity contribution is -0.123. The van der Waals surface area contributed by atoms with Gasteiger partial charge in [-0.25, -0.2) is 0 Å². The quantitative estimate of drug-likeness (QED) is 0.437. The predicted molar refractivity (Wildman–Crippen MR) is 127 cm³/mol. The Bertz CT molecular complexity index is 1110. The SMILES string of the molecule is COc1cc(C(=O)Nc2ccc(N=Nc3ccccc3)cc2)ccc1OCC(=O)NC(C)C. The maximum absolute atomic E-state index is 12.7. The van der Waals surface area contributed by atoms with E-state index in [1.165, 1.54) is 7.11 Å². The van der Waals surface area contributed by atoms with Crippen molar-refractivity contribution in [3.8, 4) is 11.5 Å². The van der Waals surface area contributed by atoms with Gasteiger partial charge in [-0.05, 0) is 68.4 Å². The molecule has 0 saturated carbocycles. The highest BCUT2D eigenvalue weighted by Gasteiger charge is 2.13. The smallest absolute Gasteiger partial charge is 0.258 e. The van der Waals surface area contributed by atoms with Crippen molar-refractivity contribution in [2.24, 2.45) is 10.2 Å². The fourth-order valence-corrected chi connectivity index (χ4v) is 2.86. The van der Waals surface area contributed by atoms with E-state index in [0.29, 0.717) is 28.4 Å². The summed E-state index contributed by atoms with van der Waals surface area (Å²) in [5.41, 5.74) is 2.43. The zero-order valence-electron chi connectivity index (χ0n) is 18.7. The third-order valence-corrected chi connectivity index (χ3v) is 4.40. The molecule has 33 heavy (non-hydrogen) atoms. The number of azo groups is 1. The number of carbonyl (C=O) groups is 2. The molecular formula is C25H26N4O4. The Balaban J connectivity index is 1.61. The van der Waals surface area contributed by atoms with E-state index in [-0.39, 0.29) is 24.5 Å². The highest BCUT2D eigenvalue weighted by molar-refractivity contribution is 6.04. The molecule has 0 fully saturated rings. The fourth-order valence-electron chi connectivity index (χ4n) is 2.86. The van der Waals surface area contributed by atoms with Gasteiger partial charge < -0.3 is 20.1 Å². The summed E-state index contributed by atoms with van der Waals surface area (Å²) in [6.07, 6.45) is 0. The van der Waals surface area contributed by atoms with Crippen molar-refractivity contribution >= 4 is 28.9 Å². The molecule has 0 unspecified atom stereocenters. The second kappa shape index (κ2) is 11.4. The van der Waals surface area contributed by atoms with E-state index in [9.17, 15) is 9.59 Å². The Kier molecular flexibility index (Phi) is 8.13. The van der Waals surface area contributed by atoms with E-state index in [1.54, 1.807) is 42.5 Å². The first-order valence-corrected chi connectivity index (χ1v) is 10.4. The van der Waals surface area contributed by atoms with Gasteiger partial charge in [-0.3, -0.25) is 9.59 Å². The third kappa shape index (κ3) is 7.17. The molecule has 3 aromatic carbocycles. The van der Waals surface area contributed by atoms with E-state index in [0.717, 1.165) is 5.69 Å². The van der Waals surface area contributed by atoms with E-state index >= 15 is 0 Å². The van der Waals surface area contributed by atoms with Crippen molar-refractivity contribution in [2.75, 3.05) is 19.0 Å². The van der Waals surface area contributed by atoms with Gasteiger partial charge in [0, 0.05) is 17.3 Å². The van der Waals surface area contributed by atoms with E-state index in [1.807, 2.05) is 44.2 Å². The molecule has 0 aliphatic carbocycles. The van der Waals surface area contributed by atoms with Crippen LogP contribution in [0.5, 0.6) is 11.5 Å². The lowest BCUT2D eigenvalue weighted by Gasteiger charge is -2.13. The molecule has 0 heterocycles. The molecule has 0 atom stereocenters. The molecule has 170 valence electrons. The van der Waals surface area contributed by atoms with Gasteiger partial charge in [0.15, 0.2) is 18.1 Å². The van der Waals surface area contributed by atoms with Crippen molar-refractivity contribution in [3.05, 3.63) is 78.4 Å². The predicted octanol–water partition coefficient (Wildman–Crippen LogP) is 5.27. The summed E-state index contributed by atoms with van der Waals surface area (Å²) in [6, 6.07) is 21.3. The molecule has 8 nitrogen and oxygen atoms in total. The summed E-state index contributed by atoms with van der Waals surface area (Å²) in [5, 5.41) is 13.9. The van der Waals surface area contributed by atoms with Gasteiger partial charge in [0.25, 0.3) is 11.8 Å². The monoisotopic (exact) mass is 446 g/mol. The number of carbonyl (C=O) groups excluding carboxylic acids is 2. The molecule has 8 heteroatoms. The Morgan fingerprint density at radius 2 is 1.55 bits per heavy atom. The minimum atomic E-state index is -0.309. The number of hydrogen-bond acceptors (Lipinski definition) is 6. The van der Waals surface area contributed by atoms with Gasteiger partial charge >= 0.3 is 0 Å². The van der Waals surface area contributed by atoms with Crippen LogP contribution in [-0.4, -0.2) is 31.6 Å². The van der Waals surface area contributed by atoms with Crippen molar-refractivity contribution in [1.29, 1.82) is 0 Å². The van der Waals surface area contributed by atoms with Crippen LogP contribution >= 0.6 is 0 Å². The number of nitrogens with one attached hydrogen (secondary N) is 2. The lowest BCUT2D eigenvalue weighted by atomic mass is 10.1. The average molecular weight is 447 g/mol. The maximum Gasteiger partial charge on any atom is 0.258 e. The van der Waals surface area contributed by atoms with Crippen LogP contribution in [0, 0.1) is 0 Å². The van der Waals surface area contributed by atoms with Crippen LogP contribution in [0.15, 0.2) is 83.0 Å². The van der Waals surface area contributed by atoms with Crippen LogP contribution in [0.2, 0.25) is 0 Å². The second-order valence-electron chi connectivity index (χ2n) is 7.41. The Morgan fingerprint density at radius 1 is 0.879 bits per heavy atom. The van der Waals surface area contributed by atoms with E-state index < -0.39 is 0 Å². The number of anilines is 1. The standard InChI is InChI=1S/C25H26N4O4/c1-17(2)26-24(30)16-33-22-14-9-18(15-23(22)32-3)25(31)27-19-10-12-21(13-11-19)29-28-20-7-5-4-6-8-20/h4-15,17H,16H2,1-3H3,(H,26,30)(H,27,31). The van der Waals surface area contributed by atoms with Crippen molar-refractivity contribution in [3.63, 3.8) is 0 Å². The molecule has 0 aliphatic heterocycles. The zero-order chi connectivity index (χ0) is 23.6. The molecule has 0 saturated heterocycles. The van der Waals surface area contributed by atoms with Crippen molar-refractivity contribution in [2.45, 2.75) is 19.9 Å². The summed E-state index contributed by atoms with van der Waals surface area (Å²) < 4.78 is 10.8. The van der Waals surface area contributed by atoms with Gasteiger partial charge in [-0.1, -0.05) is 18.2 Å². The number of benzene rings is 3. The highest BCUT2D eigenvalue weighted by atomic mass is 16.5. The van der Waals surface area contributed by atoms with Gasteiger partial charge in [0.2, 0.25) is 0 Å². The van der Waals surface area contributed by atoms with Crippen LogP contribution in [0.4, 0.5) is 17.1 Å².